The van der Waals surface area contributed by atoms with Gasteiger partial charge < -0.3 is 5.32 Å². The zero-order chi connectivity index (χ0) is 20.1. The number of carbonyl (C=O) groups is 1. The Hall–Kier alpha value is -3.26. The predicted octanol–water partition coefficient (Wildman–Crippen LogP) is 3.53. The number of nitrogens with zero attached hydrogens (tertiary/aromatic N) is 4. The number of aromatic nitrogens is 4. The van der Waals surface area contributed by atoms with E-state index in [1.807, 2.05) is 36.4 Å². The Morgan fingerprint density at radius 1 is 1.03 bits per heavy atom. The van der Waals surface area contributed by atoms with Crippen molar-refractivity contribution in [2.75, 3.05) is 6.54 Å². The van der Waals surface area contributed by atoms with E-state index in [-0.39, 0.29) is 11.7 Å². The van der Waals surface area contributed by atoms with Crippen molar-refractivity contribution < 1.29 is 9.18 Å². The summed E-state index contributed by atoms with van der Waals surface area (Å²) in [5, 5.41) is 16.5. The second kappa shape index (κ2) is 8.83. The van der Waals surface area contributed by atoms with E-state index in [1.54, 1.807) is 22.7 Å². The number of thioether (sulfide) groups is 1. The van der Waals surface area contributed by atoms with Crippen molar-refractivity contribution in [1.29, 1.82) is 0 Å². The van der Waals surface area contributed by atoms with Gasteiger partial charge in [0, 0.05) is 24.3 Å². The van der Waals surface area contributed by atoms with Gasteiger partial charge >= 0.3 is 0 Å². The summed E-state index contributed by atoms with van der Waals surface area (Å²) in [5.74, 6) is 0.909. The molecule has 1 N–H and O–H groups in total. The fourth-order valence-corrected chi connectivity index (χ4v) is 3.61. The van der Waals surface area contributed by atoms with E-state index in [1.165, 1.54) is 23.9 Å². The molecule has 6 nitrogen and oxygen atoms in total. The molecule has 0 aliphatic heterocycles. The molecule has 0 aliphatic rings. The van der Waals surface area contributed by atoms with Gasteiger partial charge in [-0.3, -0.25) is 4.79 Å². The summed E-state index contributed by atoms with van der Waals surface area (Å²) in [7, 11) is 0. The van der Waals surface area contributed by atoms with E-state index in [2.05, 4.69) is 20.6 Å². The van der Waals surface area contributed by atoms with Crippen LogP contribution in [0.15, 0.2) is 71.8 Å². The highest BCUT2D eigenvalue weighted by Crippen LogP contribution is 2.21. The minimum absolute atomic E-state index is 0.126. The summed E-state index contributed by atoms with van der Waals surface area (Å²) in [4.78, 5) is 12.1. The second-order valence-corrected chi connectivity index (χ2v) is 7.34. The molecule has 0 saturated carbocycles. The maximum Gasteiger partial charge on any atom is 0.251 e. The van der Waals surface area contributed by atoms with E-state index < -0.39 is 0 Å². The van der Waals surface area contributed by atoms with Crippen molar-refractivity contribution >= 4 is 23.3 Å². The molecular formula is C21H18FN5OS. The number of hydrogen-bond acceptors (Lipinski definition) is 5. The van der Waals surface area contributed by atoms with Crippen LogP contribution in [0, 0.1) is 5.82 Å². The number of hydrogen-bond donors (Lipinski definition) is 1. The highest BCUT2D eigenvalue weighted by Gasteiger charge is 2.10. The first-order chi connectivity index (χ1) is 14.2. The minimum atomic E-state index is -0.245. The van der Waals surface area contributed by atoms with Crippen LogP contribution >= 0.6 is 11.8 Å². The number of amides is 1. The Morgan fingerprint density at radius 2 is 1.90 bits per heavy atom. The van der Waals surface area contributed by atoms with Gasteiger partial charge in [0.15, 0.2) is 11.5 Å². The normalized spacial score (nSPS) is 10.9. The molecule has 2 aromatic carbocycles. The van der Waals surface area contributed by atoms with E-state index in [0.29, 0.717) is 35.8 Å². The fraction of sp³-hybridized carbons (Fsp3) is 0.143. The van der Waals surface area contributed by atoms with Gasteiger partial charge in [-0.2, -0.15) is 9.61 Å². The first kappa shape index (κ1) is 19.1. The molecule has 0 aliphatic carbocycles. The van der Waals surface area contributed by atoms with Crippen LogP contribution in [0.25, 0.3) is 5.65 Å². The van der Waals surface area contributed by atoms with Gasteiger partial charge in [-0.15, -0.1) is 10.2 Å². The van der Waals surface area contributed by atoms with Crippen LogP contribution in [0.2, 0.25) is 0 Å². The van der Waals surface area contributed by atoms with Crippen LogP contribution < -0.4 is 5.32 Å². The Morgan fingerprint density at radius 3 is 2.72 bits per heavy atom. The second-order valence-electron chi connectivity index (χ2n) is 6.35. The number of rotatable bonds is 7. The highest BCUT2D eigenvalue weighted by atomic mass is 32.2. The molecule has 0 spiro atoms. The summed E-state index contributed by atoms with van der Waals surface area (Å²) >= 11 is 1.51. The number of halogens is 1. The molecule has 0 unspecified atom stereocenters. The molecule has 2 heterocycles. The molecule has 1 amide bonds. The van der Waals surface area contributed by atoms with Crippen molar-refractivity contribution in [2.45, 2.75) is 17.2 Å². The predicted molar refractivity (Wildman–Crippen MR) is 109 cm³/mol. The smallest absolute Gasteiger partial charge is 0.251 e. The van der Waals surface area contributed by atoms with Gasteiger partial charge in [-0.1, -0.05) is 42.1 Å². The standard InChI is InChI=1S/C21H18FN5OS/c22-17-8-4-5-15(13-17)14-29-20-10-9-18-24-25-19(27(18)26-20)11-12-23-21(28)16-6-2-1-3-7-16/h1-10,13H,11-12,14H2,(H,23,28). The van der Waals surface area contributed by atoms with Crippen LogP contribution in [0.3, 0.4) is 0 Å². The Bertz CT molecular complexity index is 1130. The van der Waals surface area contributed by atoms with Gasteiger partial charge in [0.05, 0.1) is 0 Å². The summed E-state index contributed by atoms with van der Waals surface area (Å²) in [6, 6.07) is 19.3. The van der Waals surface area contributed by atoms with Crippen molar-refractivity contribution in [1.82, 2.24) is 25.1 Å². The number of nitrogens with one attached hydrogen (secondary N) is 1. The van der Waals surface area contributed by atoms with Crippen molar-refractivity contribution in [3.8, 4) is 0 Å². The quantitative estimate of drug-likeness (QED) is 0.475. The first-order valence-electron chi connectivity index (χ1n) is 9.11. The van der Waals surface area contributed by atoms with Crippen LogP contribution in [-0.4, -0.2) is 32.3 Å². The van der Waals surface area contributed by atoms with Crippen LogP contribution in [0.5, 0.6) is 0 Å². The Kier molecular flexibility index (Phi) is 5.81. The average molecular weight is 407 g/mol. The Labute approximate surface area is 171 Å². The topological polar surface area (TPSA) is 72.2 Å². The van der Waals surface area contributed by atoms with Gasteiger partial charge in [0.25, 0.3) is 5.91 Å². The van der Waals surface area contributed by atoms with Gasteiger partial charge in [-0.05, 0) is 42.0 Å². The van der Waals surface area contributed by atoms with Crippen molar-refractivity contribution in [2.24, 2.45) is 0 Å². The molecule has 2 aromatic heterocycles. The molecule has 0 radical (unpaired) electrons. The van der Waals surface area contributed by atoms with E-state index in [4.69, 9.17) is 0 Å². The summed E-state index contributed by atoms with van der Waals surface area (Å²) in [5.41, 5.74) is 2.15. The van der Waals surface area contributed by atoms with Crippen molar-refractivity contribution in [3.05, 3.63) is 89.5 Å². The first-order valence-corrected chi connectivity index (χ1v) is 10.1. The summed E-state index contributed by atoms with van der Waals surface area (Å²) in [6.45, 7) is 0.427. The molecule has 0 bridgehead atoms. The molecule has 4 aromatic rings. The summed E-state index contributed by atoms with van der Waals surface area (Å²) < 4.78 is 15.0. The van der Waals surface area contributed by atoms with Gasteiger partial charge in [-0.25, -0.2) is 4.39 Å². The van der Waals surface area contributed by atoms with Crippen LogP contribution in [-0.2, 0) is 12.2 Å². The summed E-state index contributed by atoms with van der Waals surface area (Å²) in [6.07, 6.45) is 0.505. The number of benzene rings is 2. The molecule has 0 fully saturated rings. The largest absolute Gasteiger partial charge is 0.352 e. The lowest BCUT2D eigenvalue weighted by molar-refractivity contribution is 0.0954. The minimum Gasteiger partial charge on any atom is -0.352 e. The van der Waals surface area contributed by atoms with Crippen molar-refractivity contribution in [3.63, 3.8) is 0 Å². The Balaban J connectivity index is 1.39. The lowest BCUT2D eigenvalue weighted by Crippen LogP contribution is -2.26. The van der Waals surface area contributed by atoms with Crippen LogP contribution in [0.1, 0.15) is 21.7 Å². The third-order valence-corrected chi connectivity index (χ3v) is 5.24. The van der Waals surface area contributed by atoms with Gasteiger partial charge in [0.2, 0.25) is 0 Å². The fourth-order valence-electron chi connectivity index (χ4n) is 2.81. The zero-order valence-corrected chi connectivity index (χ0v) is 16.3. The zero-order valence-electron chi connectivity index (χ0n) is 15.5. The number of fused-ring (bicyclic) bond motifs is 1. The molecule has 4 rings (SSSR count). The van der Waals surface area contributed by atoms with E-state index >= 15 is 0 Å². The van der Waals surface area contributed by atoms with Gasteiger partial charge in [0.1, 0.15) is 10.8 Å². The SMILES string of the molecule is O=C(NCCc1nnc2ccc(SCc3cccc(F)c3)nn12)c1ccccc1. The number of carbonyl (C=O) groups excluding carboxylic acids is 1. The molecule has 8 heteroatoms. The average Bonchev–Trinajstić information content (AvgIpc) is 3.15. The maximum atomic E-state index is 13.3. The van der Waals surface area contributed by atoms with Crippen LogP contribution in [0.4, 0.5) is 4.39 Å². The molecule has 0 saturated heterocycles. The molecule has 0 atom stereocenters. The highest BCUT2D eigenvalue weighted by molar-refractivity contribution is 7.98. The monoisotopic (exact) mass is 407 g/mol. The maximum absolute atomic E-state index is 13.3. The lowest BCUT2D eigenvalue weighted by Gasteiger charge is -2.05. The third-order valence-electron chi connectivity index (χ3n) is 4.25. The molecule has 146 valence electrons. The third kappa shape index (κ3) is 4.78. The molecule has 29 heavy (non-hydrogen) atoms. The van der Waals surface area contributed by atoms with E-state index in [0.717, 1.165) is 10.6 Å². The lowest BCUT2D eigenvalue weighted by atomic mass is 10.2. The van der Waals surface area contributed by atoms with E-state index in [9.17, 15) is 9.18 Å². The molecular weight excluding hydrogens is 389 g/mol.